The van der Waals surface area contributed by atoms with Crippen molar-refractivity contribution in [1.82, 2.24) is 0 Å². The van der Waals surface area contributed by atoms with Gasteiger partial charge in [-0.1, -0.05) is 20.0 Å². The van der Waals surface area contributed by atoms with E-state index in [0.717, 1.165) is 6.42 Å². The fourth-order valence-corrected chi connectivity index (χ4v) is 2.23. The van der Waals surface area contributed by atoms with Gasteiger partial charge in [-0.2, -0.15) is 6.61 Å². The average molecular weight is 531 g/mol. The molecule has 1 radical (unpaired) electrons. The molecule has 0 aromatic rings. The first kappa shape index (κ1) is 21.6. The minimum Gasteiger partial charge on any atom is -0.549 e. The summed E-state index contributed by atoms with van der Waals surface area (Å²) in [6.45, 7) is 5.91. The largest absolute Gasteiger partial charge is 0.549 e. The van der Waals surface area contributed by atoms with Crippen LogP contribution < -0.4 is 0 Å². The molecule has 0 spiro atoms. The minimum absolute atomic E-state index is 0. The molecule has 0 bridgehead atoms. The predicted octanol–water partition coefficient (Wildman–Crippen LogP) is 0.646. The molecule has 2 saturated heterocycles. The van der Waals surface area contributed by atoms with Crippen molar-refractivity contribution in [3.05, 3.63) is 13.0 Å². The van der Waals surface area contributed by atoms with Gasteiger partial charge in [-0.25, -0.2) is 6.42 Å². The smallest absolute Gasteiger partial charge is 0.0587 e. The van der Waals surface area contributed by atoms with Gasteiger partial charge in [-0.3, -0.25) is 0 Å². The van der Waals surface area contributed by atoms with Crippen LogP contribution in [0, 0.1) is 18.9 Å². The zero-order valence-electron chi connectivity index (χ0n) is 11.8. The number of ether oxygens (including phenoxy) is 3. The SMILES string of the molecule is CCC1CC(O)[CH-]C(OC2[CH-]OCC(C)C2O)O1.[W].[Y]. The Bertz CT molecular complexity index is 271. The summed E-state index contributed by atoms with van der Waals surface area (Å²) < 4.78 is 16.6. The van der Waals surface area contributed by atoms with E-state index in [0.29, 0.717) is 13.0 Å². The van der Waals surface area contributed by atoms with E-state index >= 15 is 0 Å². The third kappa shape index (κ3) is 6.00. The quantitative estimate of drug-likeness (QED) is 0.524. The second-order valence-electron chi connectivity index (χ2n) is 5.07. The van der Waals surface area contributed by atoms with Crippen LogP contribution in [0.4, 0.5) is 0 Å². The van der Waals surface area contributed by atoms with Crippen LogP contribution in [-0.2, 0) is 68.0 Å². The fraction of sp³-hybridized carbons (Fsp3) is 0.846. The van der Waals surface area contributed by atoms with Gasteiger partial charge >= 0.3 is 0 Å². The van der Waals surface area contributed by atoms with Crippen molar-refractivity contribution in [3.8, 4) is 0 Å². The second kappa shape index (κ2) is 10.4. The van der Waals surface area contributed by atoms with Gasteiger partial charge < -0.3 is 24.4 Å². The molecule has 2 heterocycles. The molecule has 0 saturated carbocycles. The van der Waals surface area contributed by atoms with E-state index < -0.39 is 24.6 Å². The van der Waals surface area contributed by atoms with E-state index in [1.165, 1.54) is 6.61 Å². The monoisotopic (exact) mass is 531 g/mol. The number of hydrogen-bond acceptors (Lipinski definition) is 5. The fourth-order valence-electron chi connectivity index (χ4n) is 2.23. The summed E-state index contributed by atoms with van der Waals surface area (Å²) in [6, 6.07) is 0. The van der Waals surface area contributed by atoms with Crippen molar-refractivity contribution in [3.63, 3.8) is 0 Å². The van der Waals surface area contributed by atoms with Gasteiger partial charge in [0, 0.05) is 72.6 Å². The Morgan fingerprint density at radius 2 is 2.05 bits per heavy atom. The molecule has 7 heteroatoms. The number of hydrogen-bond donors (Lipinski definition) is 2. The molecule has 20 heavy (non-hydrogen) atoms. The Morgan fingerprint density at radius 1 is 1.35 bits per heavy atom. The van der Waals surface area contributed by atoms with Crippen molar-refractivity contribution < 1.29 is 78.2 Å². The average Bonchev–Trinajstić information content (AvgIpc) is 2.34. The Kier molecular flexibility index (Phi) is 11.2. The van der Waals surface area contributed by atoms with Gasteiger partial charge in [0.1, 0.15) is 0 Å². The molecule has 115 valence electrons. The molecule has 2 N–H and O–H groups in total. The Labute approximate surface area is 160 Å². The van der Waals surface area contributed by atoms with Gasteiger partial charge in [0.2, 0.25) is 0 Å². The Balaban J connectivity index is 0.00000180. The van der Waals surface area contributed by atoms with Gasteiger partial charge in [0.05, 0.1) is 12.2 Å². The van der Waals surface area contributed by atoms with E-state index in [1.807, 2.05) is 13.8 Å². The number of aliphatic hydroxyl groups excluding tert-OH is 2. The normalized spacial score (nSPS) is 41.4. The Morgan fingerprint density at radius 3 is 2.70 bits per heavy atom. The van der Waals surface area contributed by atoms with Crippen molar-refractivity contribution in [2.75, 3.05) is 6.61 Å². The first-order valence-electron chi connectivity index (χ1n) is 6.57. The molecule has 2 aliphatic rings. The van der Waals surface area contributed by atoms with Crippen LogP contribution in [0.1, 0.15) is 26.7 Å². The zero-order chi connectivity index (χ0) is 13.1. The maximum atomic E-state index is 9.99. The molecule has 0 aromatic heterocycles. The van der Waals surface area contributed by atoms with Crippen LogP contribution in [0.3, 0.4) is 0 Å². The molecule has 2 rings (SSSR count). The zero-order valence-corrected chi connectivity index (χ0v) is 17.6. The predicted molar refractivity (Wildman–Crippen MR) is 64.2 cm³/mol. The van der Waals surface area contributed by atoms with E-state index in [4.69, 9.17) is 14.2 Å². The topological polar surface area (TPSA) is 68.2 Å². The Hall–Kier alpha value is 1.59. The first-order valence-corrected chi connectivity index (χ1v) is 6.57. The van der Waals surface area contributed by atoms with Gasteiger partial charge in [0.15, 0.2) is 0 Å². The van der Waals surface area contributed by atoms with Crippen LogP contribution in [0.15, 0.2) is 0 Å². The standard InChI is InChI=1S/C13H22O5.W.Y/c1-3-10-4-9(14)5-12(17-10)18-11-7-16-6-8(2)13(11)15;;/h5,7-15H,3-4,6H2,1-2H3;;/q-2;;. The molecule has 6 atom stereocenters. The summed E-state index contributed by atoms with van der Waals surface area (Å²) in [4.78, 5) is 0. The summed E-state index contributed by atoms with van der Waals surface area (Å²) in [5.74, 6) is 0.0236. The molecule has 0 amide bonds. The maximum Gasteiger partial charge on any atom is 0.0587 e. The summed E-state index contributed by atoms with van der Waals surface area (Å²) in [7, 11) is 0. The van der Waals surface area contributed by atoms with Gasteiger partial charge in [0.25, 0.3) is 0 Å². The molecule has 0 aromatic carbocycles. The summed E-state index contributed by atoms with van der Waals surface area (Å²) in [6.07, 6.45) is 0.805. The third-order valence-corrected chi connectivity index (χ3v) is 3.47. The van der Waals surface area contributed by atoms with Gasteiger partial charge in [-0.15, -0.1) is 0 Å². The van der Waals surface area contributed by atoms with Crippen LogP contribution in [0.5, 0.6) is 0 Å². The number of rotatable bonds is 3. The third-order valence-electron chi connectivity index (χ3n) is 3.47. The van der Waals surface area contributed by atoms with Gasteiger partial charge in [-0.05, 0) is 18.9 Å². The second-order valence-corrected chi connectivity index (χ2v) is 5.07. The van der Waals surface area contributed by atoms with E-state index in [1.54, 1.807) is 6.42 Å². The summed E-state index contributed by atoms with van der Waals surface area (Å²) in [5, 5.41) is 19.7. The van der Waals surface area contributed by atoms with Crippen molar-refractivity contribution >= 4 is 0 Å². The summed E-state index contributed by atoms with van der Waals surface area (Å²) in [5.41, 5.74) is 0. The molecular formula is C13H22O5WY-2. The first-order chi connectivity index (χ1) is 8.60. The van der Waals surface area contributed by atoms with Crippen molar-refractivity contribution in [2.24, 2.45) is 5.92 Å². The molecular weight excluding hydrogens is 509 g/mol. The van der Waals surface area contributed by atoms with Crippen molar-refractivity contribution in [2.45, 2.75) is 57.4 Å². The van der Waals surface area contributed by atoms with Crippen LogP contribution in [0.25, 0.3) is 0 Å². The summed E-state index contributed by atoms with van der Waals surface area (Å²) >= 11 is 0. The van der Waals surface area contributed by atoms with E-state index in [9.17, 15) is 10.2 Å². The van der Waals surface area contributed by atoms with Crippen molar-refractivity contribution in [1.29, 1.82) is 0 Å². The molecule has 6 unspecified atom stereocenters. The van der Waals surface area contributed by atoms with Crippen LogP contribution in [0.2, 0.25) is 0 Å². The van der Waals surface area contributed by atoms with Crippen LogP contribution >= 0.6 is 0 Å². The molecule has 2 aliphatic heterocycles. The number of aliphatic hydroxyl groups is 2. The maximum absolute atomic E-state index is 9.99. The minimum atomic E-state index is -0.602. The van der Waals surface area contributed by atoms with Crippen LogP contribution in [-0.4, -0.2) is 47.5 Å². The molecule has 0 aliphatic carbocycles. The molecule has 5 nitrogen and oxygen atoms in total. The van der Waals surface area contributed by atoms with E-state index in [2.05, 4.69) is 0 Å². The van der Waals surface area contributed by atoms with E-state index in [-0.39, 0.29) is 65.8 Å². The molecule has 2 fully saturated rings.